The largest absolute Gasteiger partial charge is 0.343 e. The maximum Gasteiger partial charge on any atom is 0.222 e. The molecule has 2 nitrogen and oxygen atoms in total. The normalized spacial score (nSPS) is 24.1. The quantitative estimate of drug-likeness (QED) is 0.684. The van der Waals surface area contributed by atoms with Crippen LogP contribution in [0.2, 0.25) is 0 Å². The average Bonchev–Trinajstić information content (AvgIpc) is 2.31. The van der Waals surface area contributed by atoms with Crippen LogP contribution in [0.15, 0.2) is 0 Å². The van der Waals surface area contributed by atoms with Gasteiger partial charge in [0.05, 0.1) is 0 Å². The molecule has 2 heteroatoms. The molecule has 0 bridgehead atoms. The summed E-state index contributed by atoms with van der Waals surface area (Å²) in [5.74, 6) is 1.13. The lowest BCUT2D eigenvalue weighted by Crippen LogP contribution is -2.36. The Morgan fingerprint density at radius 2 is 1.53 bits per heavy atom. The average molecular weight is 209 g/mol. The van der Waals surface area contributed by atoms with Gasteiger partial charge in [-0.15, -0.1) is 0 Å². The number of likely N-dealkylation sites (tertiary alicyclic amines) is 1. The smallest absolute Gasteiger partial charge is 0.222 e. The van der Waals surface area contributed by atoms with Gasteiger partial charge in [-0.25, -0.2) is 0 Å². The number of amides is 1. The second kappa shape index (κ2) is 5.53. The zero-order chi connectivity index (χ0) is 10.5. The van der Waals surface area contributed by atoms with Gasteiger partial charge in [0.15, 0.2) is 0 Å². The van der Waals surface area contributed by atoms with E-state index in [1.54, 1.807) is 0 Å². The van der Waals surface area contributed by atoms with Crippen molar-refractivity contribution in [2.45, 2.75) is 57.8 Å². The molecule has 15 heavy (non-hydrogen) atoms. The Balaban J connectivity index is 1.74. The highest BCUT2D eigenvalue weighted by Gasteiger charge is 2.21. The van der Waals surface area contributed by atoms with Gasteiger partial charge < -0.3 is 4.90 Å². The van der Waals surface area contributed by atoms with Gasteiger partial charge >= 0.3 is 0 Å². The molecule has 0 aromatic heterocycles. The molecule has 1 aliphatic carbocycles. The summed E-state index contributed by atoms with van der Waals surface area (Å²) >= 11 is 0. The molecule has 1 saturated heterocycles. The lowest BCUT2D eigenvalue weighted by Gasteiger charge is -2.29. The minimum absolute atomic E-state index is 0.432. The Labute approximate surface area is 93.0 Å². The molecular formula is C13H23NO. The second-order valence-corrected chi connectivity index (χ2v) is 5.15. The molecule has 1 amide bonds. The van der Waals surface area contributed by atoms with E-state index in [9.17, 15) is 4.79 Å². The van der Waals surface area contributed by atoms with Gasteiger partial charge in [-0.1, -0.05) is 19.3 Å². The summed E-state index contributed by atoms with van der Waals surface area (Å²) in [5.41, 5.74) is 0. The number of piperidine rings is 1. The zero-order valence-electron chi connectivity index (χ0n) is 9.71. The van der Waals surface area contributed by atoms with E-state index in [2.05, 4.69) is 4.90 Å². The van der Waals surface area contributed by atoms with Gasteiger partial charge in [0, 0.05) is 19.5 Å². The first-order chi connectivity index (χ1) is 7.36. The molecule has 0 atom stereocenters. The molecule has 2 fully saturated rings. The van der Waals surface area contributed by atoms with Crippen LogP contribution in [-0.2, 0) is 4.79 Å². The van der Waals surface area contributed by atoms with E-state index in [0.717, 1.165) is 19.5 Å². The highest BCUT2D eigenvalue weighted by Crippen LogP contribution is 2.27. The summed E-state index contributed by atoms with van der Waals surface area (Å²) in [6.45, 7) is 2.04. The van der Waals surface area contributed by atoms with E-state index >= 15 is 0 Å². The number of hydrogen-bond donors (Lipinski definition) is 0. The van der Waals surface area contributed by atoms with E-state index in [4.69, 9.17) is 0 Å². The zero-order valence-corrected chi connectivity index (χ0v) is 9.71. The molecule has 0 aromatic rings. The fraction of sp³-hybridized carbons (Fsp3) is 0.923. The molecular weight excluding hydrogens is 186 g/mol. The molecule has 0 radical (unpaired) electrons. The molecule has 0 unspecified atom stereocenters. The van der Waals surface area contributed by atoms with E-state index < -0.39 is 0 Å². The fourth-order valence-corrected chi connectivity index (χ4v) is 2.91. The Kier molecular flexibility index (Phi) is 4.04. The van der Waals surface area contributed by atoms with Crippen molar-refractivity contribution in [1.82, 2.24) is 4.90 Å². The predicted octanol–water partition coefficient (Wildman–Crippen LogP) is 2.97. The van der Waals surface area contributed by atoms with Crippen molar-refractivity contribution < 1.29 is 4.79 Å². The van der Waals surface area contributed by atoms with Gasteiger partial charge in [0.25, 0.3) is 0 Å². The van der Waals surface area contributed by atoms with Gasteiger partial charge in [-0.05, 0) is 38.0 Å². The Hall–Kier alpha value is -0.530. The van der Waals surface area contributed by atoms with E-state index in [1.807, 2.05) is 0 Å². The number of hydrogen-bond acceptors (Lipinski definition) is 1. The third-order valence-corrected chi connectivity index (χ3v) is 3.90. The van der Waals surface area contributed by atoms with Crippen LogP contribution in [0.1, 0.15) is 57.8 Å². The van der Waals surface area contributed by atoms with Crippen LogP contribution in [0.3, 0.4) is 0 Å². The summed E-state index contributed by atoms with van der Waals surface area (Å²) in [6.07, 6.45) is 11.2. The summed E-state index contributed by atoms with van der Waals surface area (Å²) in [5, 5.41) is 0. The third kappa shape index (κ3) is 3.22. The first-order valence-electron chi connectivity index (χ1n) is 6.64. The van der Waals surface area contributed by atoms with Crippen molar-refractivity contribution in [3.05, 3.63) is 0 Å². The highest BCUT2D eigenvalue weighted by atomic mass is 16.2. The van der Waals surface area contributed by atoms with Crippen LogP contribution in [-0.4, -0.2) is 23.9 Å². The van der Waals surface area contributed by atoms with Gasteiger partial charge in [0.1, 0.15) is 0 Å². The van der Waals surface area contributed by atoms with Crippen LogP contribution in [0.25, 0.3) is 0 Å². The summed E-state index contributed by atoms with van der Waals surface area (Å²) in [7, 11) is 0. The van der Waals surface area contributed by atoms with Crippen molar-refractivity contribution >= 4 is 5.91 Å². The standard InChI is InChI=1S/C13H23NO/c15-13(14-9-5-2-6-10-14)11-12-7-3-1-4-8-12/h12H,1-11H2. The van der Waals surface area contributed by atoms with Gasteiger partial charge in [-0.2, -0.15) is 0 Å². The first-order valence-corrected chi connectivity index (χ1v) is 6.64. The summed E-state index contributed by atoms with van der Waals surface area (Å²) in [6, 6.07) is 0. The molecule has 1 heterocycles. The van der Waals surface area contributed by atoms with Crippen molar-refractivity contribution in [3.63, 3.8) is 0 Å². The van der Waals surface area contributed by atoms with Crippen molar-refractivity contribution in [3.8, 4) is 0 Å². The molecule has 0 N–H and O–H groups in total. The topological polar surface area (TPSA) is 20.3 Å². The molecule has 1 aliphatic heterocycles. The van der Waals surface area contributed by atoms with Crippen LogP contribution < -0.4 is 0 Å². The molecule has 0 aromatic carbocycles. The lowest BCUT2D eigenvalue weighted by molar-refractivity contribution is -0.133. The number of carbonyl (C=O) groups excluding carboxylic acids is 1. The van der Waals surface area contributed by atoms with Crippen LogP contribution in [0, 0.1) is 5.92 Å². The first kappa shape index (κ1) is 11.0. The minimum Gasteiger partial charge on any atom is -0.343 e. The predicted molar refractivity (Wildman–Crippen MR) is 61.6 cm³/mol. The number of carbonyl (C=O) groups is 1. The molecule has 86 valence electrons. The Morgan fingerprint density at radius 1 is 0.933 bits per heavy atom. The Bertz CT molecular complexity index is 203. The maximum absolute atomic E-state index is 12.0. The third-order valence-electron chi connectivity index (χ3n) is 3.90. The SMILES string of the molecule is O=C(CC1CCCCC1)N1CCCCC1. The molecule has 0 spiro atoms. The number of rotatable bonds is 2. The van der Waals surface area contributed by atoms with Gasteiger partial charge in [-0.3, -0.25) is 4.79 Å². The lowest BCUT2D eigenvalue weighted by atomic mass is 9.86. The van der Waals surface area contributed by atoms with Crippen molar-refractivity contribution in [1.29, 1.82) is 0 Å². The highest BCUT2D eigenvalue weighted by molar-refractivity contribution is 5.76. The Morgan fingerprint density at radius 3 is 2.20 bits per heavy atom. The van der Waals surface area contributed by atoms with Crippen LogP contribution in [0.5, 0.6) is 0 Å². The minimum atomic E-state index is 0.432. The van der Waals surface area contributed by atoms with Gasteiger partial charge in [0.2, 0.25) is 5.91 Å². The number of nitrogens with zero attached hydrogens (tertiary/aromatic N) is 1. The van der Waals surface area contributed by atoms with Crippen molar-refractivity contribution in [2.75, 3.05) is 13.1 Å². The molecule has 2 aliphatic rings. The fourth-order valence-electron chi connectivity index (χ4n) is 2.91. The monoisotopic (exact) mass is 209 g/mol. The summed E-state index contributed by atoms with van der Waals surface area (Å²) < 4.78 is 0. The van der Waals surface area contributed by atoms with Crippen LogP contribution >= 0.6 is 0 Å². The van der Waals surface area contributed by atoms with E-state index in [-0.39, 0.29) is 0 Å². The molecule has 2 rings (SSSR count). The second-order valence-electron chi connectivity index (χ2n) is 5.15. The van der Waals surface area contributed by atoms with Crippen molar-refractivity contribution in [2.24, 2.45) is 5.92 Å². The maximum atomic E-state index is 12.0. The van der Waals surface area contributed by atoms with E-state index in [0.29, 0.717) is 11.8 Å². The summed E-state index contributed by atoms with van der Waals surface area (Å²) in [4.78, 5) is 14.1. The van der Waals surface area contributed by atoms with E-state index in [1.165, 1.54) is 51.4 Å². The van der Waals surface area contributed by atoms with Crippen LogP contribution in [0.4, 0.5) is 0 Å². The molecule has 1 saturated carbocycles.